The largest absolute Gasteiger partial charge is 0.508 e. The monoisotopic (exact) mass is 261 g/mol. The lowest BCUT2D eigenvalue weighted by Gasteiger charge is -2.23. The van der Waals surface area contributed by atoms with Crippen LogP contribution in [0.25, 0.3) is 0 Å². The number of hydrogen-bond donors (Lipinski definition) is 2. The third-order valence-electron chi connectivity index (χ3n) is 1.98. The summed E-state index contributed by atoms with van der Waals surface area (Å²) in [5.74, 6) is -0.0698. The molecule has 0 aromatic heterocycles. The molecule has 88 valence electrons. The summed E-state index contributed by atoms with van der Waals surface area (Å²) in [6.07, 6.45) is 0. The van der Waals surface area contributed by atoms with E-state index in [0.29, 0.717) is 5.02 Å². The van der Waals surface area contributed by atoms with Crippen molar-refractivity contribution in [3.05, 3.63) is 28.8 Å². The van der Waals surface area contributed by atoms with Crippen molar-refractivity contribution in [2.24, 2.45) is 0 Å². The average Bonchev–Trinajstić information content (AvgIpc) is 2.21. The van der Waals surface area contributed by atoms with Gasteiger partial charge in [0.05, 0.1) is 10.6 Å². The second-order valence-corrected chi connectivity index (χ2v) is 4.81. The summed E-state index contributed by atoms with van der Waals surface area (Å²) in [4.78, 5) is 11.8. The second kappa shape index (κ2) is 4.93. The molecule has 0 bridgehead atoms. The van der Waals surface area contributed by atoms with E-state index in [1.54, 1.807) is 13.8 Å². The van der Waals surface area contributed by atoms with Crippen molar-refractivity contribution < 1.29 is 9.90 Å². The van der Waals surface area contributed by atoms with Crippen molar-refractivity contribution >= 4 is 29.1 Å². The number of aromatic hydroxyl groups is 1. The fraction of sp³-hybridized carbons (Fsp3) is 0.364. The summed E-state index contributed by atoms with van der Waals surface area (Å²) in [6, 6.07) is 4.22. The van der Waals surface area contributed by atoms with Crippen molar-refractivity contribution in [2.75, 3.05) is 5.88 Å². The first-order chi connectivity index (χ1) is 7.35. The summed E-state index contributed by atoms with van der Waals surface area (Å²) < 4.78 is 0. The molecule has 0 aliphatic rings. The SMILES string of the molecule is CC(C)(CCl)NC(=O)c1cc(O)ccc1Cl. The maximum Gasteiger partial charge on any atom is 0.253 e. The maximum atomic E-state index is 11.8. The maximum absolute atomic E-state index is 11.8. The van der Waals surface area contributed by atoms with Crippen LogP contribution in [0.3, 0.4) is 0 Å². The Bertz CT molecular complexity index is 405. The molecule has 1 aromatic rings. The van der Waals surface area contributed by atoms with Gasteiger partial charge >= 0.3 is 0 Å². The molecule has 1 amide bonds. The number of rotatable bonds is 3. The number of amides is 1. The van der Waals surface area contributed by atoms with Gasteiger partial charge in [-0.1, -0.05) is 11.6 Å². The smallest absolute Gasteiger partial charge is 0.253 e. The summed E-state index contributed by atoms with van der Waals surface area (Å²) >= 11 is 11.6. The van der Waals surface area contributed by atoms with E-state index in [-0.39, 0.29) is 23.1 Å². The van der Waals surface area contributed by atoms with E-state index in [1.165, 1.54) is 18.2 Å². The average molecular weight is 262 g/mol. The molecular weight excluding hydrogens is 249 g/mol. The zero-order chi connectivity index (χ0) is 12.3. The standard InChI is InChI=1S/C11H13Cl2NO2/c1-11(2,6-12)14-10(16)8-5-7(15)3-4-9(8)13/h3-5,15H,6H2,1-2H3,(H,14,16). The van der Waals surface area contributed by atoms with Crippen LogP contribution in [0.2, 0.25) is 5.02 Å². The summed E-state index contributed by atoms with van der Waals surface area (Å²) in [5, 5.41) is 12.3. The minimum Gasteiger partial charge on any atom is -0.508 e. The number of halogens is 2. The third kappa shape index (κ3) is 3.29. The van der Waals surface area contributed by atoms with Crippen LogP contribution < -0.4 is 5.32 Å². The van der Waals surface area contributed by atoms with Crippen molar-refractivity contribution in [1.29, 1.82) is 0 Å². The number of benzene rings is 1. The molecule has 0 atom stereocenters. The highest BCUT2D eigenvalue weighted by Crippen LogP contribution is 2.21. The van der Waals surface area contributed by atoms with E-state index >= 15 is 0 Å². The molecule has 5 heteroatoms. The fourth-order valence-electron chi connectivity index (χ4n) is 1.10. The Morgan fingerprint density at radius 1 is 1.50 bits per heavy atom. The molecular formula is C11H13Cl2NO2. The van der Waals surface area contributed by atoms with Crippen molar-refractivity contribution in [3.8, 4) is 5.75 Å². The van der Waals surface area contributed by atoms with Crippen LogP contribution in [0.1, 0.15) is 24.2 Å². The lowest BCUT2D eigenvalue weighted by atomic mass is 10.1. The van der Waals surface area contributed by atoms with Crippen LogP contribution in [0.4, 0.5) is 0 Å². The van der Waals surface area contributed by atoms with Gasteiger partial charge in [-0.3, -0.25) is 4.79 Å². The first kappa shape index (κ1) is 13.1. The highest BCUT2D eigenvalue weighted by atomic mass is 35.5. The molecule has 1 aromatic carbocycles. The highest BCUT2D eigenvalue weighted by molar-refractivity contribution is 6.34. The molecule has 0 aliphatic carbocycles. The summed E-state index contributed by atoms with van der Waals surface area (Å²) in [7, 11) is 0. The molecule has 2 N–H and O–H groups in total. The van der Waals surface area contributed by atoms with Gasteiger partial charge in [0, 0.05) is 11.4 Å². The van der Waals surface area contributed by atoms with Crippen molar-refractivity contribution in [3.63, 3.8) is 0 Å². The van der Waals surface area contributed by atoms with Gasteiger partial charge in [0.15, 0.2) is 0 Å². The van der Waals surface area contributed by atoms with E-state index in [4.69, 9.17) is 23.2 Å². The van der Waals surface area contributed by atoms with E-state index in [9.17, 15) is 9.90 Å². The quantitative estimate of drug-likeness (QED) is 0.823. The van der Waals surface area contributed by atoms with Crippen LogP contribution in [0.5, 0.6) is 5.75 Å². The summed E-state index contributed by atoms with van der Waals surface area (Å²) in [5.41, 5.74) is -0.284. The Kier molecular flexibility index (Phi) is 4.05. The van der Waals surface area contributed by atoms with Crippen LogP contribution >= 0.6 is 23.2 Å². The molecule has 0 heterocycles. The van der Waals surface area contributed by atoms with Gasteiger partial charge in [-0.15, -0.1) is 11.6 Å². The van der Waals surface area contributed by atoms with Gasteiger partial charge in [0.1, 0.15) is 5.75 Å². The second-order valence-electron chi connectivity index (χ2n) is 4.14. The van der Waals surface area contributed by atoms with Crippen LogP contribution in [-0.2, 0) is 0 Å². The number of nitrogens with one attached hydrogen (secondary N) is 1. The van der Waals surface area contributed by atoms with E-state index in [2.05, 4.69) is 5.32 Å². The topological polar surface area (TPSA) is 49.3 Å². The Morgan fingerprint density at radius 3 is 2.69 bits per heavy atom. The predicted octanol–water partition coefficient (Wildman–Crippen LogP) is 2.79. The molecule has 0 fully saturated rings. The number of phenols is 1. The molecule has 0 radical (unpaired) electrons. The summed E-state index contributed by atoms with van der Waals surface area (Å²) in [6.45, 7) is 3.60. The number of hydrogen-bond acceptors (Lipinski definition) is 2. The van der Waals surface area contributed by atoms with Gasteiger partial charge in [-0.2, -0.15) is 0 Å². The Balaban J connectivity index is 2.93. The number of carbonyl (C=O) groups excluding carboxylic acids is 1. The number of alkyl halides is 1. The molecule has 0 aliphatic heterocycles. The Morgan fingerprint density at radius 2 is 2.12 bits per heavy atom. The minimum absolute atomic E-state index is 0.00164. The van der Waals surface area contributed by atoms with Crippen LogP contribution in [0.15, 0.2) is 18.2 Å². The Hall–Kier alpha value is -0.930. The normalized spacial score (nSPS) is 11.2. The fourth-order valence-corrected chi connectivity index (χ4v) is 1.37. The van der Waals surface area contributed by atoms with Gasteiger partial charge in [-0.25, -0.2) is 0 Å². The molecule has 0 saturated heterocycles. The van der Waals surface area contributed by atoms with Gasteiger partial charge in [-0.05, 0) is 32.0 Å². The van der Waals surface area contributed by atoms with E-state index < -0.39 is 5.54 Å². The zero-order valence-electron chi connectivity index (χ0n) is 9.05. The predicted molar refractivity (Wildman–Crippen MR) is 65.4 cm³/mol. The lowest BCUT2D eigenvalue weighted by molar-refractivity contribution is 0.0920. The van der Waals surface area contributed by atoms with Gasteiger partial charge in [0.2, 0.25) is 0 Å². The van der Waals surface area contributed by atoms with Crippen LogP contribution in [-0.4, -0.2) is 22.4 Å². The van der Waals surface area contributed by atoms with Crippen molar-refractivity contribution in [2.45, 2.75) is 19.4 Å². The molecule has 1 rings (SSSR count). The molecule has 0 spiro atoms. The van der Waals surface area contributed by atoms with Gasteiger partial charge in [0.25, 0.3) is 5.91 Å². The van der Waals surface area contributed by atoms with E-state index in [0.717, 1.165) is 0 Å². The number of carbonyl (C=O) groups is 1. The molecule has 0 saturated carbocycles. The molecule has 3 nitrogen and oxygen atoms in total. The molecule has 16 heavy (non-hydrogen) atoms. The van der Waals surface area contributed by atoms with Crippen LogP contribution in [0, 0.1) is 0 Å². The van der Waals surface area contributed by atoms with Gasteiger partial charge < -0.3 is 10.4 Å². The minimum atomic E-state index is -0.520. The van der Waals surface area contributed by atoms with E-state index in [1.807, 2.05) is 0 Å². The first-order valence-corrected chi connectivity index (χ1v) is 5.64. The first-order valence-electron chi connectivity index (χ1n) is 4.73. The Labute approximate surface area is 104 Å². The third-order valence-corrected chi connectivity index (χ3v) is 2.98. The zero-order valence-corrected chi connectivity index (χ0v) is 10.6. The lowest BCUT2D eigenvalue weighted by Crippen LogP contribution is -2.44. The molecule has 0 unspecified atom stereocenters. The van der Waals surface area contributed by atoms with Crippen molar-refractivity contribution in [1.82, 2.24) is 5.32 Å². The number of phenolic OH excluding ortho intramolecular Hbond substituents is 1. The highest BCUT2D eigenvalue weighted by Gasteiger charge is 2.21.